The number of pyridine rings is 1. The summed E-state index contributed by atoms with van der Waals surface area (Å²) < 4.78 is 4.94. The van der Waals surface area contributed by atoms with Crippen LogP contribution in [0, 0.1) is 0 Å². The first-order valence-corrected chi connectivity index (χ1v) is 12.1. The maximum Gasteiger partial charge on any atom is 0.338 e. The van der Waals surface area contributed by atoms with Crippen LogP contribution in [0.25, 0.3) is 10.9 Å². The fraction of sp³-hybridized carbons (Fsp3) is 0.267. The van der Waals surface area contributed by atoms with Crippen LogP contribution < -0.4 is 0 Å². The van der Waals surface area contributed by atoms with E-state index in [9.17, 15) is 4.79 Å². The largest absolute Gasteiger partial charge is 0.465 e. The van der Waals surface area contributed by atoms with Crippen molar-refractivity contribution in [1.82, 2.24) is 4.98 Å². The second-order valence-corrected chi connectivity index (χ2v) is 9.44. The summed E-state index contributed by atoms with van der Waals surface area (Å²) in [7, 11) is 1.43. The number of rotatable bonds is 8. The van der Waals surface area contributed by atoms with Gasteiger partial charge in [0.1, 0.15) is 0 Å². The van der Waals surface area contributed by atoms with Gasteiger partial charge in [0.15, 0.2) is 0 Å². The van der Waals surface area contributed by atoms with Crippen molar-refractivity contribution < 1.29 is 9.53 Å². The van der Waals surface area contributed by atoms with E-state index < -0.39 is 0 Å². The lowest BCUT2D eigenvalue weighted by molar-refractivity contribution is 0.0599. The first-order valence-electron chi connectivity index (χ1n) is 11.8. The third-order valence-electron chi connectivity index (χ3n) is 6.55. The Labute approximate surface area is 206 Å². The van der Waals surface area contributed by atoms with Crippen LogP contribution in [0.4, 0.5) is 0 Å². The fourth-order valence-electron chi connectivity index (χ4n) is 4.44. The molecule has 4 heteroatoms. The molecule has 0 aliphatic heterocycles. The summed E-state index contributed by atoms with van der Waals surface area (Å²) >= 11 is 6.15. The molecular formula is C30H30ClNO2. The Bertz CT molecular complexity index is 1300. The molecule has 0 saturated heterocycles. The molecule has 174 valence electrons. The monoisotopic (exact) mass is 471 g/mol. The van der Waals surface area contributed by atoms with Crippen LogP contribution in [-0.2, 0) is 17.6 Å². The predicted molar refractivity (Wildman–Crippen MR) is 140 cm³/mol. The molecule has 0 saturated carbocycles. The Balaban J connectivity index is 1.45. The van der Waals surface area contributed by atoms with Gasteiger partial charge in [0.2, 0.25) is 0 Å². The molecule has 4 aromatic rings. The molecule has 1 aromatic heterocycles. The second kappa shape index (κ2) is 10.8. The summed E-state index contributed by atoms with van der Waals surface area (Å²) in [6.07, 6.45) is 2.65. The van der Waals surface area contributed by atoms with Gasteiger partial charge in [-0.15, -0.1) is 0 Å². The number of ether oxygens (including phenoxy) is 1. The van der Waals surface area contributed by atoms with E-state index in [-0.39, 0.29) is 5.97 Å². The maximum absolute atomic E-state index is 12.1. The van der Waals surface area contributed by atoms with Gasteiger partial charge in [-0.3, -0.25) is 4.98 Å². The molecule has 4 rings (SSSR count). The van der Waals surface area contributed by atoms with E-state index in [0.29, 0.717) is 22.4 Å². The number of aromatic nitrogens is 1. The minimum atomic E-state index is -0.274. The highest BCUT2D eigenvalue weighted by Gasteiger charge is 2.15. The highest BCUT2D eigenvalue weighted by Crippen LogP contribution is 2.28. The van der Waals surface area contributed by atoms with E-state index in [1.807, 2.05) is 42.5 Å². The van der Waals surface area contributed by atoms with Crippen LogP contribution in [0.3, 0.4) is 0 Å². The van der Waals surface area contributed by atoms with Gasteiger partial charge >= 0.3 is 5.97 Å². The third-order valence-corrected chi connectivity index (χ3v) is 6.78. The van der Waals surface area contributed by atoms with Gasteiger partial charge in [0.05, 0.1) is 18.2 Å². The van der Waals surface area contributed by atoms with Crippen molar-refractivity contribution >= 4 is 28.5 Å². The van der Waals surface area contributed by atoms with E-state index in [1.54, 1.807) is 0 Å². The Hall–Kier alpha value is -3.17. The highest BCUT2D eigenvalue weighted by molar-refractivity contribution is 6.31. The number of hydrogen-bond donors (Lipinski definition) is 0. The van der Waals surface area contributed by atoms with Crippen molar-refractivity contribution in [1.29, 1.82) is 0 Å². The van der Waals surface area contributed by atoms with E-state index in [2.05, 4.69) is 50.2 Å². The summed E-state index contributed by atoms with van der Waals surface area (Å²) in [5, 5.41) is 1.81. The number of aryl methyl sites for hydroxylation is 1. The molecule has 1 heterocycles. The second-order valence-electron chi connectivity index (χ2n) is 9.00. The lowest BCUT2D eigenvalue weighted by Gasteiger charge is -2.17. The topological polar surface area (TPSA) is 39.2 Å². The zero-order valence-electron chi connectivity index (χ0n) is 19.9. The number of hydrogen-bond acceptors (Lipinski definition) is 3. The van der Waals surface area contributed by atoms with Crippen LogP contribution in [-0.4, -0.2) is 18.1 Å². The lowest BCUT2D eigenvalue weighted by atomic mass is 9.88. The van der Waals surface area contributed by atoms with Crippen molar-refractivity contribution in [2.75, 3.05) is 7.11 Å². The van der Waals surface area contributed by atoms with E-state index in [1.165, 1.54) is 18.2 Å². The Kier molecular flexibility index (Phi) is 7.64. The van der Waals surface area contributed by atoms with Crippen molar-refractivity contribution in [3.63, 3.8) is 0 Å². The van der Waals surface area contributed by atoms with Crippen LogP contribution in [0.2, 0.25) is 5.02 Å². The van der Waals surface area contributed by atoms with Gasteiger partial charge in [-0.2, -0.15) is 0 Å². The van der Waals surface area contributed by atoms with Gasteiger partial charge < -0.3 is 4.74 Å². The number of esters is 1. The van der Waals surface area contributed by atoms with Crippen LogP contribution in [0.5, 0.6) is 0 Å². The van der Waals surface area contributed by atoms with Crippen molar-refractivity contribution in [2.24, 2.45) is 0 Å². The van der Waals surface area contributed by atoms with Gasteiger partial charge in [0.25, 0.3) is 0 Å². The standard InChI is InChI=1S/C30H30ClNO2/c1-20(11-12-22-7-4-5-10-28(22)30(33)34-3)24-8-6-9-25(18-24)21(2)17-27-16-14-23-13-15-26(31)19-29(23)32-27/h4-10,13-16,18-21H,11-12,17H2,1-3H3/t20-,21?/m0/s1. The minimum absolute atomic E-state index is 0.274. The molecule has 0 N–H and O–H groups in total. The molecule has 0 aliphatic carbocycles. The molecule has 0 amide bonds. The van der Waals surface area contributed by atoms with Crippen molar-refractivity contribution in [2.45, 2.75) is 44.9 Å². The minimum Gasteiger partial charge on any atom is -0.465 e. The average molecular weight is 472 g/mol. The van der Waals surface area contributed by atoms with Gasteiger partial charge in [-0.25, -0.2) is 4.79 Å². The van der Waals surface area contributed by atoms with E-state index in [0.717, 1.165) is 41.4 Å². The molecule has 3 nitrogen and oxygen atoms in total. The summed E-state index contributed by atoms with van der Waals surface area (Å²) in [6, 6.07) is 26.6. The number of carbonyl (C=O) groups excluding carboxylic acids is 1. The molecule has 0 spiro atoms. The quantitative estimate of drug-likeness (QED) is 0.246. The van der Waals surface area contributed by atoms with E-state index >= 15 is 0 Å². The molecule has 0 fully saturated rings. The average Bonchev–Trinajstić information content (AvgIpc) is 2.86. The Morgan fingerprint density at radius 2 is 1.65 bits per heavy atom. The van der Waals surface area contributed by atoms with Crippen LogP contribution in [0.15, 0.2) is 78.9 Å². The Morgan fingerprint density at radius 3 is 2.44 bits per heavy atom. The SMILES string of the molecule is COC(=O)c1ccccc1CC[C@H](C)c1cccc(C(C)Cc2ccc3ccc(Cl)cc3n2)c1. The van der Waals surface area contributed by atoms with Crippen LogP contribution >= 0.6 is 11.6 Å². The summed E-state index contributed by atoms with van der Waals surface area (Å²) in [6.45, 7) is 4.50. The summed E-state index contributed by atoms with van der Waals surface area (Å²) in [5.74, 6) is 0.443. The maximum atomic E-state index is 12.1. The molecule has 34 heavy (non-hydrogen) atoms. The molecule has 0 radical (unpaired) electrons. The summed E-state index contributed by atoms with van der Waals surface area (Å²) in [5.41, 5.74) is 6.33. The number of fused-ring (bicyclic) bond motifs is 1. The molecule has 3 aromatic carbocycles. The van der Waals surface area contributed by atoms with E-state index in [4.69, 9.17) is 21.3 Å². The summed E-state index contributed by atoms with van der Waals surface area (Å²) in [4.78, 5) is 16.9. The van der Waals surface area contributed by atoms with Gasteiger partial charge in [-0.05, 0) is 72.1 Å². The molecular weight excluding hydrogens is 442 g/mol. The van der Waals surface area contributed by atoms with Crippen molar-refractivity contribution in [3.8, 4) is 0 Å². The smallest absolute Gasteiger partial charge is 0.338 e. The number of carbonyl (C=O) groups is 1. The fourth-order valence-corrected chi connectivity index (χ4v) is 4.60. The Morgan fingerprint density at radius 1 is 0.912 bits per heavy atom. The first kappa shape index (κ1) is 24.0. The zero-order chi connectivity index (χ0) is 24.1. The van der Waals surface area contributed by atoms with Crippen molar-refractivity contribution in [3.05, 3.63) is 112 Å². The number of methoxy groups -OCH3 is 1. The van der Waals surface area contributed by atoms with Gasteiger partial charge in [-0.1, -0.05) is 80.0 Å². The molecule has 2 atom stereocenters. The zero-order valence-corrected chi connectivity index (χ0v) is 20.7. The number of nitrogens with zero attached hydrogens (tertiary/aromatic N) is 1. The first-order chi connectivity index (χ1) is 16.4. The third kappa shape index (κ3) is 5.66. The van der Waals surface area contributed by atoms with Crippen LogP contribution in [0.1, 0.15) is 64.8 Å². The number of halogens is 1. The normalized spacial score (nSPS) is 12.9. The molecule has 0 aliphatic rings. The predicted octanol–water partition coefficient (Wildman–Crippen LogP) is 7.76. The highest BCUT2D eigenvalue weighted by atomic mass is 35.5. The van der Waals surface area contributed by atoms with Gasteiger partial charge in [0, 0.05) is 16.1 Å². The molecule has 1 unspecified atom stereocenters. The number of benzene rings is 3. The lowest BCUT2D eigenvalue weighted by Crippen LogP contribution is -2.07. The molecule has 0 bridgehead atoms.